The standard InChI is InChI=1S/C18H21N5O2S.C9H8N2OS/c1-19-13(11-24)9-21-17-4-3-15(23(17)2)18(25)22-10-14-7-12-8-20-6-5-16(12)26-14;10-8(6-12)13-9(11)7-4-2-1-3-5-7/h5-9,11,15,19H,3-4,10H2,1-2H3,(H,22,25);1-6,10-11H/b13-9+,21-17?;. The molecule has 0 radical (unpaired) electrons. The molecule has 1 aliphatic rings. The third-order valence-corrected chi connectivity index (χ3v) is 7.62. The summed E-state index contributed by atoms with van der Waals surface area (Å²) in [7, 11) is 3.52. The van der Waals surface area contributed by atoms with Gasteiger partial charge in [0, 0.05) is 53.4 Å². The average Bonchev–Trinajstić information content (AvgIpc) is 3.55. The number of hydrogen-bond donors (Lipinski definition) is 4. The quantitative estimate of drug-likeness (QED) is 0.141. The molecule has 10 nitrogen and oxygen atoms in total. The van der Waals surface area contributed by atoms with Gasteiger partial charge in [-0.3, -0.25) is 30.2 Å². The summed E-state index contributed by atoms with van der Waals surface area (Å²) in [6.07, 6.45) is 7.65. The van der Waals surface area contributed by atoms with Crippen molar-refractivity contribution < 1.29 is 14.4 Å². The topological polar surface area (TPSA) is 151 Å². The summed E-state index contributed by atoms with van der Waals surface area (Å²) >= 11 is 2.51. The predicted octanol–water partition coefficient (Wildman–Crippen LogP) is 3.59. The normalized spacial score (nSPS) is 15.8. The van der Waals surface area contributed by atoms with Crippen LogP contribution in [-0.2, 0) is 20.9 Å². The van der Waals surface area contributed by atoms with Crippen molar-refractivity contribution in [3.05, 3.63) is 77.2 Å². The molecule has 202 valence electrons. The zero-order valence-electron chi connectivity index (χ0n) is 21.5. The van der Waals surface area contributed by atoms with Crippen LogP contribution in [0.1, 0.15) is 23.3 Å². The number of likely N-dealkylation sites (tertiary alicyclic amines) is 1. The van der Waals surface area contributed by atoms with Crippen molar-refractivity contribution in [2.75, 3.05) is 14.1 Å². The summed E-state index contributed by atoms with van der Waals surface area (Å²) in [5.41, 5.74) is 1.12. The van der Waals surface area contributed by atoms with Crippen LogP contribution in [0.2, 0.25) is 0 Å². The second-order valence-electron chi connectivity index (χ2n) is 8.29. The molecule has 1 atom stereocenters. The number of pyridine rings is 1. The molecule has 1 unspecified atom stereocenters. The first-order valence-electron chi connectivity index (χ1n) is 11.9. The average molecular weight is 564 g/mol. The predicted molar refractivity (Wildman–Crippen MR) is 158 cm³/mol. The van der Waals surface area contributed by atoms with E-state index in [1.165, 1.54) is 10.9 Å². The van der Waals surface area contributed by atoms with E-state index in [0.717, 1.165) is 33.4 Å². The second-order valence-corrected chi connectivity index (χ2v) is 10.5. The van der Waals surface area contributed by atoms with Crippen molar-refractivity contribution in [2.45, 2.75) is 25.4 Å². The van der Waals surface area contributed by atoms with Crippen molar-refractivity contribution in [3.8, 4) is 0 Å². The number of likely N-dealkylation sites (N-methyl/N-ethyl adjacent to an activating group) is 2. The fraction of sp³-hybridized carbons (Fsp3) is 0.222. The Morgan fingerprint density at radius 1 is 1.23 bits per heavy atom. The van der Waals surface area contributed by atoms with Gasteiger partial charge in [0.05, 0.1) is 18.4 Å². The molecule has 39 heavy (non-hydrogen) atoms. The number of fused-ring (bicyclic) bond motifs is 1. The highest BCUT2D eigenvalue weighted by Gasteiger charge is 2.31. The molecule has 3 aromatic rings. The second kappa shape index (κ2) is 14.7. The van der Waals surface area contributed by atoms with Gasteiger partial charge >= 0.3 is 0 Å². The number of nitrogens with zero attached hydrogens (tertiary/aromatic N) is 3. The number of aromatic nitrogens is 1. The van der Waals surface area contributed by atoms with Gasteiger partial charge in [-0.15, -0.1) is 11.3 Å². The molecule has 0 saturated carbocycles. The maximum atomic E-state index is 12.5. The van der Waals surface area contributed by atoms with E-state index in [1.54, 1.807) is 36.7 Å². The van der Waals surface area contributed by atoms with E-state index < -0.39 is 0 Å². The van der Waals surface area contributed by atoms with Crippen LogP contribution in [0.25, 0.3) is 10.1 Å². The lowest BCUT2D eigenvalue weighted by Gasteiger charge is -2.21. The number of carbonyl (C=O) groups excluding carboxylic acids is 3. The van der Waals surface area contributed by atoms with E-state index >= 15 is 0 Å². The highest BCUT2D eigenvalue weighted by atomic mass is 32.2. The number of thiophene rings is 1. The zero-order chi connectivity index (χ0) is 28.2. The van der Waals surface area contributed by atoms with Gasteiger partial charge in [0.2, 0.25) is 5.91 Å². The Morgan fingerprint density at radius 2 is 2.00 bits per heavy atom. The highest BCUT2D eigenvalue weighted by Crippen LogP contribution is 2.25. The van der Waals surface area contributed by atoms with Crippen LogP contribution in [0.4, 0.5) is 0 Å². The Hall–Kier alpha value is -4.16. The van der Waals surface area contributed by atoms with Crippen LogP contribution in [-0.4, -0.2) is 64.4 Å². The van der Waals surface area contributed by atoms with Gasteiger partial charge < -0.3 is 15.5 Å². The molecule has 0 spiro atoms. The number of benzene rings is 1. The fourth-order valence-corrected chi connectivity index (χ4v) is 5.17. The molecule has 1 saturated heterocycles. The minimum absolute atomic E-state index is 0.0125. The molecule has 1 amide bonds. The first kappa shape index (κ1) is 29.4. The lowest BCUT2D eigenvalue weighted by atomic mass is 10.2. The van der Waals surface area contributed by atoms with E-state index in [2.05, 4.69) is 26.7 Å². The van der Waals surface area contributed by atoms with Crippen molar-refractivity contribution in [3.63, 3.8) is 0 Å². The van der Waals surface area contributed by atoms with Crippen LogP contribution < -0.4 is 10.6 Å². The number of carbonyl (C=O) groups is 3. The monoisotopic (exact) mass is 563 g/mol. The molecule has 1 aliphatic heterocycles. The smallest absolute Gasteiger partial charge is 0.243 e. The van der Waals surface area contributed by atoms with Gasteiger partial charge in [0.1, 0.15) is 22.0 Å². The first-order valence-corrected chi connectivity index (χ1v) is 13.6. The Bertz CT molecular complexity index is 1370. The molecule has 1 fully saturated rings. The molecule has 0 aliphatic carbocycles. The van der Waals surface area contributed by atoms with Gasteiger partial charge in [-0.1, -0.05) is 30.3 Å². The summed E-state index contributed by atoms with van der Waals surface area (Å²) in [6.45, 7) is 0.504. The number of hydrogen-bond acceptors (Lipinski definition) is 10. The Kier molecular flexibility index (Phi) is 11.1. The minimum atomic E-state index is -0.243. The van der Waals surface area contributed by atoms with Crippen LogP contribution in [0.15, 0.2) is 71.7 Å². The Morgan fingerprint density at radius 3 is 2.67 bits per heavy atom. The third-order valence-electron chi connectivity index (χ3n) is 5.75. The largest absolute Gasteiger partial charge is 0.384 e. The number of allylic oxidation sites excluding steroid dienone is 1. The van der Waals surface area contributed by atoms with Crippen molar-refractivity contribution >= 4 is 67.6 Å². The van der Waals surface area contributed by atoms with E-state index in [4.69, 9.17) is 10.8 Å². The third kappa shape index (κ3) is 8.42. The summed E-state index contributed by atoms with van der Waals surface area (Å²) < 4.78 is 1.17. The van der Waals surface area contributed by atoms with Gasteiger partial charge in [-0.05, 0) is 30.3 Å². The summed E-state index contributed by atoms with van der Waals surface area (Å²) in [5, 5.41) is 21.5. The molecule has 2 aromatic heterocycles. The summed E-state index contributed by atoms with van der Waals surface area (Å²) in [4.78, 5) is 44.9. The minimum Gasteiger partial charge on any atom is -0.384 e. The van der Waals surface area contributed by atoms with Crippen LogP contribution >= 0.6 is 23.1 Å². The van der Waals surface area contributed by atoms with Gasteiger partial charge in [0.25, 0.3) is 0 Å². The molecule has 4 rings (SSSR count). The highest BCUT2D eigenvalue weighted by molar-refractivity contribution is 8.28. The van der Waals surface area contributed by atoms with Gasteiger partial charge in [-0.25, -0.2) is 4.99 Å². The lowest BCUT2D eigenvalue weighted by molar-refractivity contribution is -0.124. The molecule has 3 heterocycles. The molecule has 12 heteroatoms. The van der Waals surface area contributed by atoms with Gasteiger partial charge in [-0.2, -0.15) is 0 Å². The maximum Gasteiger partial charge on any atom is 0.243 e. The molecule has 4 N–H and O–H groups in total. The van der Waals surface area contributed by atoms with Crippen molar-refractivity contribution in [2.24, 2.45) is 4.99 Å². The summed E-state index contributed by atoms with van der Waals surface area (Å²) in [5.74, 6) is 0.786. The molecular weight excluding hydrogens is 534 g/mol. The Balaban J connectivity index is 0.000000272. The molecule has 0 bridgehead atoms. The molecule has 1 aromatic carbocycles. The molecular formula is C27H29N7O3S2. The number of amidine groups is 1. The SMILES string of the molecule is CN/C(C=O)=C/N=C1CCC(C(=O)NCc2cc3cnccc3s2)N1C.N=C(C=O)SC(=N)c1ccccc1. The number of aliphatic imine (C=N–C) groups is 1. The summed E-state index contributed by atoms with van der Waals surface area (Å²) in [6, 6.07) is 12.8. The first-order chi connectivity index (χ1) is 18.9. The van der Waals surface area contributed by atoms with Crippen molar-refractivity contribution in [1.82, 2.24) is 20.5 Å². The van der Waals surface area contributed by atoms with Crippen LogP contribution in [0.5, 0.6) is 0 Å². The lowest BCUT2D eigenvalue weighted by Crippen LogP contribution is -2.42. The number of amides is 1. The number of rotatable bonds is 8. The fourth-order valence-electron chi connectivity index (χ4n) is 3.68. The van der Waals surface area contributed by atoms with E-state index in [9.17, 15) is 14.4 Å². The van der Waals surface area contributed by atoms with E-state index in [1.807, 2.05) is 42.4 Å². The van der Waals surface area contributed by atoms with E-state index in [-0.39, 0.29) is 22.0 Å². The Labute approximate surface area is 234 Å². The van der Waals surface area contributed by atoms with E-state index in [0.29, 0.717) is 37.7 Å². The van der Waals surface area contributed by atoms with Crippen LogP contribution in [0, 0.1) is 10.8 Å². The van der Waals surface area contributed by atoms with Gasteiger partial charge in [0.15, 0.2) is 12.6 Å². The number of nitrogens with one attached hydrogen (secondary N) is 4. The number of aldehydes is 2. The zero-order valence-corrected chi connectivity index (χ0v) is 23.1. The van der Waals surface area contributed by atoms with Crippen LogP contribution in [0.3, 0.4) is 0 Å². The maximum absolute atomic E-state index is 12.5. The van der Waals surface area contributed by atoms with Crippen molar-refractivity contribution in [1.29, 1.82) is 10.8 Å². The number of thioether (sulfide) groups is 1.